The lowest BCUT2D eigenvalue weighted by Gasteiger charge is -2.17. The van der Waals surface area contributed by atoms with Crippen LogP contribution in [0.4, 0.5) is 5.69 Å². The maximum atomic E-state index is 12.0. The number of amides is 2. The molecule has 1 aromatic carbocycles. The van der Waals surface area contributed by atoms with Gasteiger partial charge in [0, 0.05) is 12.7 Å². The highest BCUT2D eigenvalue weighted by molar-refractivity contribution is 5.95. The number of tetrazole rings is 1. The normalized spacial score (nSPS) is 10.3. The second-order valence-electron chi connectivity index (χ2n) is 5.12. The number of rotatable bonds is 5. The van der Waals surface area contributed by atoms with Crippen LogP contribution in [0.5, 0.6) is 0 Å². The van der Waals surface area contributed by atoms with Crippen LogP contribution in [-0.2, 0) is 16.1 Å². The van der Waals surface area contributed by atoms with Crippen LogP contribution < -0.4 is 5.32 Å². The standard InChI is InChI=1S/C14H18N6O2/c1-10-4-5-11(2)12(6-10)16-13(21)7-19(3)14(22)8-20-9-15-17-18-20/h4-6,9H,7-8H2,1-3H3,(H,16,21). The molecule has 0 aliphatic heterocycles. The second kappa shape index (κ2) is 6.79. The van der Waals surface area contributed by atoms with Crippen molar-refractivity contribution in [2.45, 2.75) is 20.4 Å². The summed E-state index contributed by atoms with van der Waals surface area (Å²) in [5.74, 6) is -0.496. The van der Waals surface area contributed by atoms with E-state index < -0.39 is 0 Å². The third kappa shape index (κ3) is 4.11. The van der Waals surface area contributed by atoms with E-state index in [4.69, 9.17) is 0 Å². The molecule has 0 saturated heterocycles. The van der Waals surface area contributed by atoms with Gasteiger partial charge in [-0.05, 0) is 41.5 Å². The molecule has 0 bridgehead atoms. The van der Waals surface area contributed by atoms with Crippen molar-refractivity contribution in [1.29, 1.82) is 0 Å². The van der Waals surface area contributed by atoms with Crippen molar-refractivity contribution in [2.24, 2.45) is 0 Å². The number of benzene rings is 1. The number of hydrogen-bond acceptors (Lipinski definition) is 5. The van der Waals surface area contributed by atoms with Gasteiger partial charge in [0.15, 0.2) is 0 Å². The Morgan fingerprint density at radius 2 is 2.09 bits per heavy atom. The van der Waals surface area contributed by atoms with Gasteiger partial charge in [-0.3, -0.25) is 9.59 Å². The van der Waals surface area contributed by atoms with Crippen LogP contribution in [0.1, 0.15) is 11.1 Å². The van der Waals surface area contributed by atoms with Gasteiger partial charge in [-0.2, -0.15) is 0 Å². The van der Waals surface area contributed by atoms with Crippen LogP contribution in [0.15, 0.2) is 24.5 Å². The van der Waals surface area contributed by atoms with Gasteiger partial charge in [0.2, 0.25) is 11.8 Å². The van der Waals surface area contributed by atoms with E-state index in [-0.39, 0.29) is 24.9 Å². The van der Waals surface area contributed by atoms with Crippen LogP contribution in [0.2, 0.25) is 0 Å². The Morgan fingerprint density at radius 1 is 1.32 bits per heavy atom. The summed E-state index contributed by atoms with van der Waals surface area (Å²) >= 11 is 0. The SMILES string of the molecule is Cc1ccc(C)c(NC(=O)CN(C)C(=O)Cn2cnnn2)c1. The van der Waals surface area contributed by atoms with Crippen molar-refractivity contribution >= 4 is 17.5 Å². The minimum absolute atomic E-state index is 0.000251. The summed E-state index contributed by atoms with van der Waals surface area (Å²) in [4.78, 5) is 25.3. The number of carbonyl (C=O) groups is 2. The smallest absolute Gasteiger partial charge is 0.244 e. The fraction of sp³-hybridized carbons (Fsp3) is 0.357. The van der Waals surface area contributed by atoms with Crippen LogP contribution in [-0.4, -0.2) is 50.5 Å². The average Bonchev–Trinajstić information content (AvgIpc) is 2.95. The Kier molecular flexibility index (Phi) is 4.82. The third-order valence-corrected chi connectivity index (χ3v) is 3.16. The Hall–Kier alpha value is -2.77. The van der Waals surface area contributed by atoms with Gasteiger partial charge in [-0.15, -0.1) is 5.10 Å². The van der Waals surface area contributed by atoms with E-state index >= 15 is 0 Å². The Bertz CT molecular complexity index is 668. The summed E-state index contributed by atoms with van der Waals surface area (Å²) in [5.41, 5.74) is 2.79. The van der Waals surface area contributed by atoms with E-state index in [1.807, 2.05) is 32.0 Å². The lowest BCUT2D eigenvalue weighted by Crippen LogP contribution is -2.37. The molecule has 0 aliphatic carbocycles. The van der Waals surface area contributed by atoms with Gasteiger partial charge in [0.25, 0.3) is 0 Å². The van der Waals surface area contributed by atoms with E-state index in [9.17, 15) is 9.59 Å². The Morgan fingerprint density at radius 3 is 2.77 bits per heavy atom. The van der Waals surface area contributed by atoms with Crippen molar-refractivity contribution < 1.29 is 9.59 Å². The largest absolute Gasteiger partial charge is 0.335 e. The molecule has 0 saturated carbocycles. The molecule has 2 rings (SSSR count). The topological polar surface area (TPSA) is 93.0 Å². The molecular weight excluding hydrogens is 284 g/mol. The summed E-state index contributed by atoms with van der Waals surface area (Å²) in [7, 11) is 1.56. The monoisotopic (exact) mass is 302 g/mol. The van der Waals surface area contributed by atoms with Crippen LogP contribution >= 0.6 is 0 Å². The Labute approximate surface area is 128 Å². The molecule has 8 nitrogen and oxygen atoms in total. The zero-order valence-corrected chi connectivity index (χ0v) is 12.8. The van der Waals surface area contributed by atoms with Crippen LogP contribution in [0.3, 0.4) is 0 Å². The Balaban J connectivity index is 1.90. The predicted octanol–water partition coefficient (Wildman–Crippen LogP) is 0.387. The van der Waals surface area contributed by atoms with E-state index in [2.05, 4.69) is 20.8 Å². The van der Waals surface area contributed by atoms with Crippen molar-refractivity contribution in [3.05, 3.63) is 35.7 Å². The summed E-state index contributed by atoms with van der Waals surface area (Å²) < 4.78 is 1.31. The summed E-state index contributed by atoms with van der Waals surface area (Å²) in [6.07, 6.45) is 1.35. The molecule has 0 spiro atoms. The number of aromatic nitrogens is 4. The number of nitrogens with zero attached hydrogens (tertiary/aromatic N) is 5. The van der Waals surface area contributed by atoms with E-state index in [0.717, 1.165) is 16.8 Å². The molecular formula is C14H18N6O2. The number of anilines is 1. The zero-order chi connectivity index (χ0) is 16.1. The van der Waals surface area contributed by atoms with Crippen molar-refractivity contribution in [3.63, 3.8) is 0 Å². The second-order valence-corrected chi connectivity index (χ2v) is 5.12. The number of carbonyl (C=O) groups excluding carboxylic acids is 2. The zero-order valence-electron chi connectivity index (χ0n) is 12.8. The van der Waals surface area contributed by atoms with Gasteiger partial charge >= 0.3 is 0 Å². The van der Waals surface area contributed by atoms with Crippen LogP contribution in [0.25, 0.3) is 0 Å². The summed E-state index contributed by atoms with van der Waals surface area (Å²) in [5, 5.41) is 13.3. The van der Waals surface area contributed by atoms with E-state index in [1.165, 1.54) is 15.9 Å². The summed E-state index contributed by atoms with van der Waals surface area (Å²) in [6, 6.07) is 5.82. The first-order valence-corrected chi connectivity index (χ1v) is 6.77. The van der Waals surface area contributed by atoms with Gasteiger partial charge in [0.1, 0.15) is 12.9 Å². The van der Waals surface area contributed by atoms with Gasteiger partial charge < -0.3 is 10.2 Å². The highest BCUT2D eigenvalue weighted by Crippen LogP contribution is 2.16. The molecule has 2 aromatic rings. The molecule has 2 amide bonds. The van der Waals surface area contributed by atoms with Gasteiger partial charge in [-0.1, -0.05) is 12.1 Å². The molecule has 116 valence electrons. The molecule has 1 N–H and O–H groups in total. The molecule has 22 heavy (non-hydrogen) atoms. The third-order valence-electron chi connectivity index (χ3n) is 3.16. The lowest BCUT2D eigenvalue weighted by molar-refractivity contribution is -0.134. The van der Waals surface area contributed by atoms with Crippen LogP contribution in [0, 0.1) is 13.8 Å². The molecule has 1 aromatic heterocycles. The molecule has 0 unspecified atom stereocenters. The van der Waals surface area contributed by atoms with Crippen molar-refractivity contribution in [1.82, 2.24) is 25.1 Å². The number of nitrogens with one attached hydrogen (secondary N) is 1. The lowest BCUT2D eigenvalue weighted by atomic mass is 10.1. The molecule has 1 heterocycles. The first-order valence-electron chi connectivity index (χ1n) is 6.77. The van der Waals surface area contributed by atoms with E-state index in [1.54, 1.807) is 7.05 Å². The number of likely N-dealkylation sites (N-methyl/N-ethyl adjacent to an activating group) is 1. The first kappa shape index (κ1) is 15.6. The molecule has 0 atom stereocenters. The first-order chi connectivity index (χ1) is 10.5. The maximum Gasteiger partial charge on any atom is 0.244 e. The molecule has 8 heteroatoms. The minimum atomic E-state index is -0.249. The predicted molar refractivity (Wildman–Crippen MR) is 80.0 cm³/mol. The van der Waals surface area contributed by atoms with Crippen molar-refractivity contribution in [2.75, 3.05) is 18.9 Å². The highest BCUT2D eigenvalue weighted by atomic mass is 16.2. The highest BCUT2D eigenvalue weighted by Gasteiger charge is 2.14. The maximum absolute atomic E-state index is 12.0. The molecule has 0 fully saturated rings. The quantitative estimate of drug-likeness (QED) is 0.862. The fourth-order valence-electron chi connectivity index (χ4n) is 1.88. The van der Waals surface area contributed by atoms with Gasteiger partial charge in [0.05, 0.1) is 6.54 Å². The molecule has 0 radical (unpaired) electrons. The molecule has 0 aliphatic rings. The number of hydrogen-bond donors (Lipinski definition) is 1. The van der Waals surface area contributed by atoms with Gasteiger partial charge in [-0.25, -0.2) is 4.68 Å². The minimum Gasteiger partial charge on any atom is -0.335 e. The average molecular weight is 302 g/mol. The van der Waals surface area contributed by atoms with E-state index in [0.29, 0.717) is 0 Å². The number of aryl methyl sites for hydroxylation is 2. The fourth-order valence-corrected chi connectivity index (χ4v) is 1.88. The summed E-state index contributed by atoms with van der Waals surface area (Å²) in [6.45, 7) is 3.84. The van der Waals surface area contributed by atoms with Crippen molar-refractivity contribution in [3.8, 4) is 0 Å².